The number of carbonyl (C=O) groups is 4. The van der Waals surface area contributed by atoms with E-state index in [0.717, 1.165) is 51.9 Å². The molecule has 4 aliphatic rings. The van der Waals surface area contributed by atoms with Crippen LogP contribution in [-0.2, 0) is 28.5 Å². The molecule has 0 radical (unpaired) electrons. The largest absolute Gasteiger partial charge is 0.451 e. The zero-order chi connectivity index (χ0) is 30.8. The van der Waals surface area contributed by atoms with E-state index in [1.165, 1.54) is 0 Å². The molecule has 2 N–H and O–H groups in total. The van der Waals surface area contributed by atoms with Gasteiger partial charge in [0.15, 0.2) is 0 Å². The third-order valence-corrected chi connectivity index (χ3v) is 9.06. The number of rotatable bonds is 2. The van der Waals surface area contributed by atoms with E-state index in [4.69, 9.17) is 18.9 Å². The number of piperidine rings is 4. The molecule has 4 heterocycles. The van der Waals surface area contributed by atoms with Crippen molar-refractivity contribution in [3.8, 4) is 0 Å². The van der Waals surface area contributed by atoms with Crippen LogP contribution in [0, 0.1) is 10.8 Å². The highest BCUT2D eigenvalue weighted by Gasteiger charge is 2.50. The summed E-state index contributed by atoms with van der Waals surface area (Å²) in [7, 11) is 0. The fraction of sp³-hybridized carbons (Fsp3) is 0.867. The molecular formula is C30H50N4O8. The fourth-order valence-electron chi connectivity index (χ4n) is 6.66. The number of esters is 2. The summed E-state index contributed by atoms with van der Waals surface area (Å²) in [6, 6.07) is 0. The predicted molar refractivity (Wildman–Crippen MR) is 154 cm³/mol. The molecule has 0 aromatic heterocycles. The van der Waals surface area contributed by atoms with Crippen molar-refractivity contribution < 1.29 is 38.1 Å². The smallest absolute Gasteiger partial charge is 0.417 e. The van der Waals surface area contributed by atoms with Gasteiger partial charge in [-0.1, -0.05) is 0 Å². The van der Waals surface area contributed by atoms with Gasteiger partial charge >= 0.3 is 24.1 Å². The van der Waals surface area contributed by atoms with Crippen LogP contribution in [0.4, 0.5) is 9.59 Å². The Kier molecular flexibility index (Phi) is 9.66. The molecular weight excluding hydrogens is 544 g/mol. The summed E-state index contributed by atoms with van der Waals surface area (Å²) in [6.07, 6.45) is 2.10. The van der Waals surface area contributed by atoms with E-state index in [2.05, 4.69) is 10.6 Å². The minimum atomic E-state index is -1.07. The molecule has 2 spiro atoms. The molecule has 12 nitrogen and oxygen atoms in total. The highest BCUT2D eigenvalue weighted by molar-refractivity contribution is 6.29. The van der Waals surface area contributed by atoms with E-state index in [-0.39, 0.29) is 23.9 Å². The van der Waals surface area contributed by atoms with Crippen LogP contribution in [-0.4, -0.2) is 110 Å². The van der Waals surface area contributed by atoms with Crippen LogP contribution in [0.15, 0.2) is 0 Å². The van der Waals surface area contributed by atoms with Crippen LogP contribution in [0.5, 0.6) is 0 Å². The second-order valence-electron chi connectivity index (χ2n) is 14.4. The summed E-state index contributed by atoms with van der Waals surface area (Å²) in [5.41, 5.74) is -1.99. The lowest BCUT2D eigenvalue weighted by Gasteiger charge is -2.49. The quantitative estimate of drug-likeness (QED) is 0.279. The van der Waals surface area contributed by atoms with Crippen LogP contribution < -0.4 is 10.6 Å². The Bertz CT molecular complexity index is 928. The Morgan fingerprint density at radius 2 is 0.929 bits per heavy atom. The normalized spacial score (nSPS) is 26.0. The second-order valence-corrected chi connectivity index (χ2v) is 14.4. The molecule has 4 saturated heterocycles. The molecule has 0 aromatic rings. The van der Waals surface area contributed by atoms with Crippen molar-refractivity contribution in [2.24, 2.45) is 10.8 Å². The monoisotopic (exact) mass is 594 g/mol. The van der Waals surface area contributed by atoms with Gasteiger partial charge in [0, 0.05) is 23.9 Å². The van der Waals surface area contributed by atoms with Gasteiger partial charge in [0.05, 0.1) is 13.1 Å². The van der Waals surface area contributed by atoms with Crippen molar-refractivity contribution in [1.29, 1.82) is 0 Å². The maximum absolute atomic E-state index is 13.3. The molecule has 0 bridgehead atoms. The first-order valence-corrected chi connectivity index (χ1v) is 15.4. The molecule has 0 aromatic carbocycles. The van der Waals surface area contributed by atoms with Crippen molar-refractivity contribution in [2.75, 3.05) is 52.4 Å². The number of ether oxygens (including phenoxy) is 4. The SMILES string of the molecule is CC(C)(C)OC(=O)N1CCC2(CCNCC2)C(OC(=O)C(=O)OC2CN(C(=O)OC(C)(C)C)CCC23CCNCC3)C1. The van der Waals surface area contributed by atoms with Gasteiger partial charge in [-0.3, -0.25) is 0 Å². The van der Waals surface area contributed by atoms with E-state index in [9.17, 15) is 19.2 Å². The molecule has 12 heteroatoms. The summed E-state index contributed by atoms with van der Waals surface area (Å²) < 4.78 is 23.0. The fourth-order valence-corrected chi connectivity index (χ4v) is 6.66. The number of hydrogen-bond donors (Lipinski definition) is 2. The van der Waals surface area contributed by atoms with Crippen molar-refractivity contribution >= 4 is 24.1 Å². The first-order valence-electron chi connectivity index (χ1n) is 15.4. The van der Waals surface area contributed by atoms with Crippen molar-refractivity contribution in [2.45, 2.75) is 103 Å². The summed E-state index contributed by atoms with van der Waals surface area (Å²) in [4.78, 5) is 55.5. The maximum atomic E-state index is 13.3. The van der Waals surface area contributed by atoms with Gasteiger partial charge in [0.1, 0.15) is 23.4 Å². The van der Waals surface area contributed by atoms with Crippen LogP contribution in [0.1, 0.15) is 80.1 Å². The summed E-state index contributed by atoms with van der Waals surface area (Å²) in [5, 5.41) is 6.69. The molecule has 42 heavy (non-hydrogen) atoms. The third kappa shape index (κ3) is 7.86. The van der Waals surface area contributed by atoms with Crippen molar-refractivity contribution in [3.63, 3.8) is 0 Å². The van der Waals surface area contributed by atoms with Gasteiger partial charge in [-0.25, -0.2) is 19.2 Å². The first kappa shape index (κ1) is 32.3. The van der Waals surface area contributed by atoms with Gasteiger partial charge in [-0.05, 0) is 106 Å². The van der Waals surface area contributed by atoms with Crippen molar-refractivity contribution in [3.05, 3.63) is 0 Å². The number of carbonyl (C=O) groups excluding carboxylic acids is 4. The van der Waals surface area contributed by atoms with E-state index in [0.29, 0.717) is 25.9 Å². The number of amides is 2. The Labute approximate surface area is 249 Å². The zero-order valence-electron chi connectivity index (χ0n) is 26.2. The molecule has 4 aliphatic heterocycles. The lowest BCUT2D eigenvalue weighted by atomic mass is 9.69. The second kappa shape index (κ2) is 12.6. The van der Waals surface area contributed by atoms with Gasteiger partial charge in [-0.15, -0.1) is 0 Å². The van der Waals surface area contributed by atoms with Gasteiger partial charge in [0.25, 0.3) is 0 Å². The average molecular weight is 595 g/mol. The van der Waals surface area contributed by atoms with Crippen LogP contribution in [0.25, 0.3) is 0 Å². The Morgan fingerprint density at radius 1 is 0.595 bits per heavy atom. The van der Waals surface area contributed by atoms with E-state index in [1.54, 1.807) is 51.3 Å². The lowest BCUT2D eigenvalue weighted by molar-refractivity contribution is -0.189. The standard InChI is InChI=1S/C30H50N4O8/c1-27(2,3)41-25(37)33-17-11-29(7-13-31-14-8-29)21(19-33)39-23(35)24(36)40-22-20-34(26(38)42-28(4,5)6)18-12-30(22)9-15-32-16-10-30/h21-22,31-32H,7-20H2,1-6H3. The van der Waals surface area contributed by atoms with E-state index < -0.39 is 47.5 Å². The number of nitrogens with zero attached hydrogens (tertiary/aromatic N) is 2. The molecule has 0 aliphatic carbocycles. The van der Waals surface area contributed by atoms with Gasteiger partial charge < -0.3 is 39.4 Å². The van der Waals surface area contributed by atoms with Crippen LogP contribution in [0.2, 0.25) is 0 Å². The molecule has 4 fully saturated rings. The first-order chi connectivity index (χ1) is 19.6. The third-order valence-electron chi connectivity index (χ3n) is 9.06. The average Bonchev–Trinajstić information content (AvgIpc) is 2.90. The number of likely N-dealkylation sites (tertiary alicyclic amines) is 2. The lowest BCUT2D eigenvalue weighted by Crippen LogP contribution is -2.59. The highest BCUT2D eigenvalue weighted by Crippen LogP contribution is 2.43. The number of hydrogen-bond acceptors (Lipinski definition) is 10. The van der Waals surface area contributed by atoms with E-state index in [1.807, 2.05) is 0 Å². The highest BCUT2D eigenvalue weighted by atomic mass is 16.6. The van der Waals surface area contributed by atoms with Crippen LogP contribution >= 0.6 is 0 Å². The molecule has 2 atom stereocenters. The Balaban J connectivity index is 1.47. The van der Waals surface area contributed by atoms with Gasteiger partial charge in [0.2, 0.25) is 0 Å². The van der Waals surface area contributed by atoms with Crippen LogP contribution in [0.3, 0.4) is 0 Å². The van der Waals surface area contributed by atoms with E-state index >= 15 is 0 Å². The molecule has 2 unspecified atom stereocenters. The summed E-state index contributed by atoms with van der Waals surface area (Å²) >= 11 is 0. The van der Waals surface area contributed by atoms with Gasteiger partial charge in [-0.2, -0.15) is 0 Å². The Hall–Kier alpha value is -2.60. The molecule has 0 saturated carbocycles. The topological polar surface area (TPSA) is 136 Å². The minimum Gasteiger partial charge on any atom is -0.451 e. The number of nitrogens with one attached hydrogen (secondary N) is 2. The maximum Gasteiger partial charge on any atom is 0.417 e. The summed E-state index contributed by atoms with van der Waals surface area (Å²) in [6.45, 7) is 15.2. The minimum absolute atomic E-state index is 0.152. The molecule has 238 valence electrons. The molecule has 2 amide bonds. The van der Waals surface area contributed by atoms with Crippen molar-refractivity contribution in [1.82, 2.24) is 20.4 Å². The Morgan fingerprint density at radius 3 is 1.24 bits per heavy atom. The molecule has 4 rings (SSSR count). The predicted octanol–water partition coefficient (Wildman–Crippen LogP) is 2.83. The zero-order valence-corrected chi connectivity index (χ0v) is 26.2. The summed E-state index contributed by atoms with van der Waals surface area (Å²) in [5.74, 6) is -2.13.